The molecule has 1 N–H and O–H groups in total. The summed E-state index contributed by atoms with van der Waals surface area (Å²) >= 11 is 1.49. The fourth-order valence-corrected chi connectivity index (χ4v) is 5.63. The molecule has 8 heteroatoms. The van der Waals surface area contributed by atoms with Crippen LogP contribution in [0.5, 0.6) is 5.75 Å². The first-order valence-corrected chi connectivity index (χ1v) is 13.8. The number of nitrogens with zero attached hydrogens (tertiary/aromatic N) is 3. The number of aryl methyl sites for hydroxylation is 2. The smallest absolute Gasteiger partial charge is 0.259 e. The number of methoxy groups -OCH3 is 1. The van der Waals surface area contributed by atoms with Gasteiger partial charge in [-0.25, -0.2) is 4.98 Å². The van der Waals surface area contributed by atoms with Gasteiger partial charge < -0.3 is 9.47 Å². The van der Waals surface area contributed by atoms with Crippen LogP contribution in [0.1, 0.15) is 51.6 Å². The molecular weight excluding hydrogens is 508 g/mol. The van der Waals surface area contributed by atoms with E-state index in [1.54, 1.807) is 19.5 Å². The SMILES string of the molecule is C=C1/C=C\c2nc(NC(=O)c3cnc(C)cc3-c3cc(C)ncc3OC)sc2C/C=C\1CC1=CCCOCC1. The number of amides is 1. The topological polar surface area (TPSA) is 86.2 Å². The van der Waals surface area contributed by atoms with Crippen molar-refractivity contribution in [2.45, 2.75) is 39.5 Å². The molecule has 0 aromatic carbocycles. The number of nitrogens with one attached hydrogen (secondary N) is 1. The van der Waals surface area contributed by atoms with E-state index in [9.17, 15) is 4.79 Å². The van der Waals surface area contributed by atoms with Gasteiger partial charge in [0.2, 0.25) is 0 Å². The van der Waals surface area contributed by atoms with Crippen LogP contribution in [0.3, 0.4) is 0 Å². The second-order valence-electron chi connectivity index (χ2n) is 9.66. The standard InChI is InChI=1S/C31H32N4O3S/c1-19-7-9-27-29(10-8-23(19)16-22-6-5-12-38-13-11-22)39-31(34-27)35-30(36)26-17-32-20(2)14-24(26)25-15-21(3)33-18-28(25)37-4/h6-9,14-15,17-18H,1,5,10-13,16H2,2-4H3,(H,34,35,36)/b9-7-,23-8-. The maximum absolute atomic E-state index is 13.5. The van der Waals surface area contributed by atoms with Gasteiger partial charge in [-0.1, -0.05) is 30.4 Å². The first-order valence-electron chi connectivity index (χ1n) is 13.0. The first kappa shape index (κ1) is 26.7. The average molecular weight is 541 g/mol. The van der Waals surface area contributed by atoms with Crippen LogP contribution in [0, 0.1) is 13.8 Å². The van der Waals surface area contributed by atoms with Gasteiger partial charge in [0, 0.05) is 40.0 Å². The predicted octanol–water partition coefficient (Wildman–Crippen LogP) is 6.66. The Balaban J connectivity index is 1.39. The summed E-state index contributed by atoms with van der Waals surface area (Å²) in [6.45, 7) is 9.66. The molecule has 0 spiro atoms. The van der Waals surface area contributed by atoms with Crippen molar-refractivity contribution in [2.75, 3.05) is 25.6 Å². The van der Waals surface area contributed by atoms with Crippen molar-refractivity contribution in [1.29, 1.82) is 0 Å². The predicted molar refractivity (Wildman–Crippen MR) is 156 cm³/mol. The molecule has 3 aromatic rings. The van der Waals surface area contributed by atoms with E-state index in [-0.39, 0.29) is 5.91 Å². The van der Waals surface area contributed by atoms with Crippen molar-refractivity contribution in [3.8, 4) is 16.9 Å². The molecule has 7 nitrogen and oxygen atoms in total. The Morgan fingerprint density at radius 3 is 2.72 bits per heavy atom. The highest BCUT2D eigenvalue weighted by Crippen LogP contribution is 2.34. The number of thiazole rings is 1. The zero-order chi connectivity index (χ0) is 27.4. The Labute approximate surface area is 233 Å². The fourth-order valence-electron chi connectivity index (χ4n) is 4.72. The lowest BCUT2D eigenvalue weighted by Crippen LogP contribution is -2.14. The van der Waals surface area contributed by atoms with Gasteiger partial charge in [0.25, 0.3) is 5.91 Å². The number of anilines is 1. The number of hydrogen-bond donors (Lipinski definition) is 1. The summed E-state index contributed by atoms with van der Waals surface area (Å²) in [5.74, 6) is 0.320. The highest BCUT2D eigenvalue weighted by Gasteiger charge is 2.20. The van der Waals surface area contributed by atoms with E-state index in [0.29, 0.717) is 16.4 Å². The minimum atomic E-state index is -0.275. The molecule has 0 fully saturated rings. The summed E-state index contributed by atoms with van der Waals surface area (Å²) in [7, 11) is 1.60. The van der Waals surface area contributed by atoms with Gasteiger partial charge in [0.15, 0.2) is 5.13 Å². The minimum Gasteiger partial charge on any atom is -0.494 e. The summed E-state index contributed by atoms with van der Waals surface area (Å²) in [4.78, 5) is 28.0. The Bertz CT molecular complexity index is 1520. The van der Waals surface area contributed by atoms with Crippen molar-refractivity contribution in [3.63, 3.8) is 0 Å². The molecule has 1 aliphatic carbocycles. The van der Waals surface area contributed by atoms with E-state index in [4.69, 9.17) is 14.5 Å². The van der Waals surface area contributed by atoms with Crippen LogP contribution in [0.2, 0.25) is 0 Å². The van der Waals surface area contributed by atoms with Crippen LogP contribution in [-0.2, 0) is 11.2 Å². The lowest BCUT2D eigenvalue weighted by Gasteiger charge is -2.13. The molecule has 39 heavy (non-hydrogen) atoms. The monoisotopic (exact) mass is 540 g/mol. The van der Waals surface area contributed by atoms with Crippen LogP contribution < -0.4 is 10.1 Å². The molecule has 1 amide bonds. The fraction of sp³-hybridized carbons (Fsp3) is 0.290. The molecule has 200 valence electrons. The molecule has 3 aromatic heterocycles. The average Bonchev–Trinajstić information content (AvgIpc) is 3.11. The summed E-state index contributed by atoms with van der Waals surface area (Å²) in [6, 6.07) is 3.81. The van der Waals surface area contributed by atoms with Crippen molar-refractivity contribution in [1.82, 2.24) is 15.0 Å². The number of aromatic nitrogens is 3. The Morgan fingerprint density at radius 2 is 1.90 bits per heavy atom. The van der Waals surface area contributed by atoms with E-state index < -0.39 is 0 Å². The zero-order valence-electron chi connectivity index (χ0n) is 22.5. The number of allylic oxidation sites excluding steroid dienone is 4. The maximum atomic E-state index is 13.5. The van der Waals surface area contributed by atoms with Crippen LogP contribution in [-0.4, -0.2) is 41.2 Å². The lowest BCUT2D eigenvalue weighted by atomic mass is 9.94. The second kappa shape index (κ2) is 11.9. The summed E-state index contributed by atoms with van der Waals surface area (Å²) in [6.07, 6.45) is 15.3. The van der Waals surface area contributed by atoms with Crippen molar-refractivity contribution in [2.24, 2.45) is 0 Å². The number of ether oxygens (including phenoxy) is 2. The van der Waals surface area contributed by atoms with Crippen LogP contribution >= 0.6 is 11.3 Å². The first-order chi connectivity index (χ1) is 18.9. The molecule has 2 aliphatic rings. The van der Waals surface area contributed by atoms with Crippen LogP contribution in [0.15, 0.2) is 66.1 Å². The minimum absolute atomic E-state index is 0.275. The van der Waals surface area contributed by atoms with Crippen molar-refractivity contribution < 1.29 is 14.3 Å². The zero-order valence-corrected chi connectivity index (χ0v) is 23.4. The molecule has 5 rings (SSSR count). The molecule has 0 atom stereocenters. The van der Waals surface area contributed by atoms with Crippen LogP contribution in [0.25, 0.3) is 17.2 Å². The van der Waals surface area contributed by atoms with E-state index in [1.165, 1.54) is 22.5 Å². The van der Waals surface area contributed by atoms with E-state index in [0.717, 1.165) is 77.6 Å². The van der Waals surface area contributed by atoms with Gasteiger partial charge in [-0.05, 0) is 62.5 Å². The largest absolute Gasteiger partial charge is 0.494 e. The third-order valence-electron chi connectivity index (χ3n) is 6.82. The van der Waals surface area contributed by atoms with Crippen LogP contribution in [0.4, 0.5) is 5.13 Å². The molecule has 0 saturated heterocycles. The number of hydrogen-bond acceptors (Lipinski definition) is 7. The quantitative estimate of drug-likeness (QED) is 0.352. The van der Waals surface area contributed by atoms with Gasteiger partial charge in [0.1, 0.15) is 5.75 Å². The molecule has 0 saturated carbocycles. The summed E-state index contributed by atoms with van der Waals surface area (Å²) in [5.41, 5.74) is 8.06. The van der Waals surface area contributed by atoms with E-state index >= 15 is 0 Å². The van der Waals surface area contributed by atoms with Gasteiger partial charge in [-0.3, -0.25) is 20.1 Å². The summed E-state index contributed by atoms with van der Waals surface area (Å²) < 4.78 is 11.1. The number of carbonyl (C=O) groups excluding carboxylic acids is 1. The molecule has 0 unspecified atom stereocenters. The number of rotatable bonds is 6. The van der Waals surface area contributed by atoms with E-state index in [1.807, 2.05) is 38.1 Å². The van der Waals surface area contributed by atoms with E-state index in [2.05, 4.69) is 34.0 Å². The lowest BCUT2D eigenvalue weighted by molar-refractivity contribution is 0.102. The third kappa shape index (κ3) is 6.24. The molecule has 0 radical (unpaired) electrons. The van der Waals surface area contributed by atoms with Crippen molar-refractivity contribution in [3.05, 3.63) is 93.6 Å². The number of carbonyl (C=O) groups is 1. The van der Waals surface area contributed by atoms with Gasteiger partial charge >= 0.3 is 0 Å². The Hall–Kier alpha value is -3.88. The normalized spacial score (nSPS) is 17.6. The highest BCUT2D eigenvalue weighted by atomic mass is 32.1. The maximum Gasteiger partial charge on any atom is 0.259 e. The number of pyridine rings is 2. The molecule has 1 aliphatic heterocycles. The molecule has 0 bridgehead atoms. The van der Waals surface area contributed by atoms with Crippen molar-refractivity contribution >= 4 is 28.5 Å². The Kier molecular flexibility index (Phi) is 8.14. The summed E-state index contributed by atoms with van der Waals surface area (Å²) in [5, 5.41) is 3.55. The number of fused-ring (bicyclic) bond motifs is 1. The Morgan fingerprint density at radius 1 is 1.10 bits per heavy atom. The molecule has 4 heterocycles. The van der Waals surface area contributed by atoms with Gasteiger partial charge in [0.05, 0.1) is 37.8 Å². The highest BCUT2D eigenvalue weighted by molar-refractivity contribution is 7.16. The molecular formula is C31H32N4O3S. The second-order valence-corrected chi connectivity index (χ2v) is 10.7. The third-order valence-corrected chi connectivity index (χ3v) is 7.83. The van der Waals surface area contributed by atoms with Gasteiger partial charge in [-0.2, -0.15) is 0 Å². The van der Waals surface area contributed by atoms with Gasteiger partial charge in [-0.15, -0.1) is 11.3 Å².